The lowest BCUT2D eigenvalue weighted by molar-refractivity contribution is -0.146. The second-order valence-electron chi connectivity index (χ2n) is 17.4. The third-order valence-electron chi connectivity index (χ3n) is 12.4. The number of likely N-dealkylation sites (tertiary alicyclic amines) is 1. The summed E-state index contributed by atoms with van der Waals surface area (Å²) >= 11 is -2.56. The fraction of sp³-hybridized carbons (Fsp3) is 0.523. The van der Waals surface area contributed by atoms with Gasteiger partial charge in [0, 0.05) is 72.9 Å². The minimum atomic E-state index is -2.56. The molecular formula is C44H55N5O8S. The number of fused-ring (bicyclic) bond motifs is 1. The molecule has 2 saturated carbocycles. The highest BCUT2D eigenvalue weighted by atomic mass is 32.2. The van der Waals surface area contributed by atoms with E-state index in [9.17, 15) is 23.1 Å². The summed E-state index contributed by atoms with van der Waals surface area (Å²) in [6.07, 6.45) is 5.78. The van der Waals surface area contributed by atoms with E-state index >= 15 is 4.79 Å². The number of hydrogen-bond donors (Lipinski definition) is 3. The van der Waals surface area contributed by atoms with Gasteiger partial charge in [-0.05, 0) is 63.0 Å². The van der Waals surface area contributed by atoms with Gasteiger partial charge in [0.15, 0.2) is 11.4 Å². The van der Waals surface area contributed by atoms with Gasteiger partial charge >= 0.3 is 0 Å². The highest BCUT2D eigenvalue weighted by Crippen LogP contribution is 2.48. The minimum absolute atomic E-state index is 0.0130. The molecule has 2 unspecified atom stereocenters. The summed E-state index contributed by atoms with van der Waals surface area (Å²) in [6.45, 7) is 12.8. The summed E-state index contributed by atoms with van der Waals surface area (Å²) in [5.41, 5.74) is -0.882. The van der Waals surface area contributed by atoms with Gasteiger partial charge in [-0.25, -0.2) is 13.5 Å². The SMILES string of the molecule is C=C[C@@H]1CC1(NC(=O)[C@@H]1C[C@](Oc2cc(-c3ccccc3)nc3c(C)c(OC)ccc23)(C(=O)[C@@H](CC(=O)N2CCCCC2)C(C)(C)C)CN1)C(=O)N(C1CC1)S(=O)O. The zero-order chi connectivity index (χ0) is 41.6. The van der Waals surface area contributed by atoms with Gasteiger partial charge in [0.2, 0.25) is 11.8 Å². The van der Waals surface area contributed by atoms with Gasteiger partial charge in [0.25, 0.3) is 17.2 Å². The first-order valence-corrected chi connectivity index (χ1v) is 21.4. The summed E-state index contributed by atoms with van der Waals surface area (Å²) in [6, 6.07) is 13.8. The Morgan fingerprint density at radius 1 is 1.09 bits per heavy atom. The van der Waals surface area contributed by atoms with Gasteiger partial charge in [0.1, 0.15) is 17.0 Å². The van der Waals surface area contributed by atoms with E-state index in [1.165, 1.54) is 0 Å². The molecule has 4 aliphatic rings. The van der Waals surface area contributed by atoms with E-state index in [0.29, 0.717) is 54.0 Å². The maximum Gasteiger partial charge on any atom is 0.264 e. The molecule has 0 radical (unpaired) electrons. The van der Waals surface area contributed by atoms with Crippen molar-refractivity contribution in [2.24, 2.45) is 17.3 Å². The number of benzene rings is 2. The van der Waals surface area contributed by atoms with Crippen LogP contribution in [0.4, 0.5) is 0 Å². The Labute approximate surface area is 342 Å². The molecule has 3 amide bonds. The van der Waals surface area contributed by atoms with Crippen LogP contribution in [0.5, 0.6) is 11.5 Å². The van der Waals surface area contributed by atoms with Crippen molar-refractivity contribution < 1.29 is 37.4 Å². The van der Waals surface area contributed by atoms with Gasteiger partial charge in [-0.3, -0.25) is 23.7 Å². The number of methoxy groups -OCH3 is 1. The number of nitrogens with one attached hydrogen (secondary N) is 2. The van der Waals surface area contributed by atoms with E-state index in [4.69, 9.17) is 14.5 Å². The quantitative estimate of drug-likeness (QED) is 0.139. The average Bonchev–Trinajstić information content (AvgIpc) is 4.13. The molecule has 310 valence electrons. The van der Waals surface area contributed by atoms with E-state index in [1.54, 1.807) is 13.2 Å². The van der Waals surface area contributed by atoms with Gasteiger partial charge in [0.05, 0.1) is 24.4 Å². The molecule has 7 rings (SSSR count). The molecule has 3 aromatic rings. The number of hydrogen-bond acceptors (Lipinski definition) is 9. The van der Waals surface area contributed by atoms with Gasteiger partial charge in [-0.15, -0.1) is 6.58 Å². The number of ketones is 1. The first-order chi connectivity index (χ1) is 27.6. The molecule has 14 heteroatoms. The normalized spacial score (nSPS) is 25.4. The van der Waals surface area contributed by atoms with Crippen LogP contribution in [0.25, 0.3) is 22.2 Å². The lowest BCUT2D eigenvalue weighted by atomic mass is 9.71. The first kappa shape index (κ1) is 41.5. The van der Waals surface area contributed by atoms with Crippen LogP contribution in [0.15, 0.2) is 61.2 Å². The number of rotatable bonds is 14. The van der Waals surface area contributed by atoms with Crippen molar-refractivity contribution in [3.05, 3.63) is 66.7 Å². The number of ether oxygens (including phenoxy) is 2. The lowest BCUT2D eigenvalue weighted by Gasteiger charge is -2.38. The zero-order valence-corrected chi connectivity index (χ0v) is 34.9. The van der Waals surface area contributed by atoms with Crippen LogP contribution in [-0.4, -0.2) is 96.4 Å². The number of amides is 3. The number of Topliss-reactive ketones (excluding diaryl/α,β-unsaturated/α-hetero) is 1. The maximum atomic E-state index is 15.5. The fourth-order valence-corrected chi connectivity index (χ4v) is 9.44. The summed E-state index contributed by atoms with van der Waals surface area (Å²) in [4.78, 5) is 64.5. The smallest absolute Gasteiger partial charge is 0.264 e. The summed E-state index contributed by atoms with van der Waals surface area (Å²) in [5, 5.41) is 6.82. The van der Waals surface area contributed by atoms with Crippen molar-refractivity contribution in [2.45, 2.75) is 102 Å². The predicted octanol–water partition coefficient (Wildman–Crippen LogP) is 5.52. The highest BCUT2D eigenvalue weighted by Gasteiger charge is 2.64. The topological polar surface area (TPSA) is 167 Å². The molecule has 2 aliphatic carbocycles. The van der Waals surface area contributed by atoms with Crippen molar-refractivity contribution >= 4 is 45.7 Å². The van der Waals surface area contributed by atoms with E-state index in [2.05, 4.69) is 17.2 Å². The molecule has 0 spiro atoms. The molecule has 4 fully saturated rings. The van der Waals surface area contributed by atoms with Crippen molar-refractivity contribution in [3.63, 3.8) is 0 Å². The molecule has 2 aromatic carbocycles. The largest absolute Gasteiger partial charge is 0.496 e. The molecule has 3 heterocycles. The Morgan fingerprint density at radius 2 is 1.79 bits per heavy atom. The third-order valence-corrected chi connectivity index (χ3v) is 13.2. The van der Waals surface area contributed by atoms with Crippen LogP contribution in [0.3, 0.4) is 0 Å². The highest BCUT2D eigenvalue weighted by molar-refractivity contribution is 7.77. The Bertz CT molecular complexity index is 2130. The molecule has 58 heavy (non-hydrogen) atoms. The predicted molar refractivity (Wildman–Crippen MR) is 221 cm³/mol. The zero-order valence-electron chi connectivity index (χ0n) is 34.0. The van der Waals surface area contributed by atoms with E-state index in [-0.39, 0.29) is 43.5 Å². The van der Waals surface area contributed by atoms with Crippen LogP contribution in [-0.2, 0) is 30.4 Å². The second-order valence-corrected chi connectivity index (χ2v) is 18.3. The van der Waals surface area contributed by atoms with Crippen LogP contribution < -0.4 is 20.1 Å². The summed E-state index contributed by atoms with van der Waals surface area (Å²) in [5.74, 6) is -1.76. The summed E-state index contributed by atoms with van der Waals surface area (Å²) in [7, 11) is 1.59. The van der Waals surface area contributed by atoms with Crippen molar-refractivity contribution in [1.29, 1.82) is 0 Å². The molecule has 13 nitrogen and oxygen atoms in total. The van der Waals surface area contributed by atoms with E-state index in [0.717, 1.165) is 34.7 Å². The fourth-order valence-electron chi connectivity index (χ4n) is 8.66. The molecule has 1 aromatic heterocycles. The third kappa shape index (κ3) is 8.02. The molecular weight excluding hydrogens is 759 g/mol. The molecule has 0 bridgehead atoms. The lowest BCUT2D eigenvalue weighted by Crippen LogP contribution is -2.56. The Morgan fingerprint density at radius 3 is 2.40 bits per heavy atom. The van der Waals surface area contributed by atoms with Gasteiger partial charge in [-0.1, -0.05) is 57.2 Å². The first-order valence-electron chi connectivity index (χ1n) is 20.3. The van der Waals surface area contributed by atoms with Crippen molar-refractivity contribution in [3.8, 4) is 22.8 Å². The van der Waals surface area contributed by atoms with Crippen LogP contribution in [0.1, 0.15) is 77.7 Å². The number of aryl methyl sites for hydroxylation is 1. The van der Waals surface area contributed by atoms with Gasteiger partial charge in [-0.2, -0.15) is 0 Å². The van der Waals surface area contributed by atoms with Crippen LogP contribution in [0, 0.1) is 24.2 Å². The van der Waals surface area contributed by atoms with Crippen LogP contribution in [0.2, 0.25) is 0 Å². The Balaban J connectivity index is 1.28. The van der Waals surface area contributed by atoms with E-state index in [1.807, 2.05) is 81.1 Å². The second kappa shape index (κ2) is 16.2. The van der Waals surface area contributed by atoms with Crippen molar-refractivity contribution in [1.82, 2.24) is 24.8 Å². The monoisotopic (exact) mass is 813 g/mol. The van der Waals surface area contributed by atoms with Gasteiger partial charge < -0.3 is 25.0 Å². The number of carbonyl (C=O) groups is 4. The number of carbonyl (C=O) groups excluding carboxylic acids is 4. The Hall–Kier alpha value is -4.66. The maximum absolute atomic E-state index is 15.5. The van der Waals surface area contributed by atoms with Crippen molar-refractivity contribution in [2.75, 3.05) is 26.7 Å². The Kier molecular flexibility index (Phi) is 11.6. The summed E-state index contributed by atoms with van der Waals surface area (Å²) < 4.78 is 36.1. The molecule has 6 atom stereocenters. The molecule has 2 saturated heterocycles. The number of pyridine rings is 1. The van der Waals surface area contributed by atoms with Crippen LogP contribution >= 0.6 is 0 Å². The number of aromatic nitrogens is 1. The number of piperidine rings is 1. The number of nitrogens with zero attached hydrogens (tertiary/aromatic N) is 3. The molecule has 3 N–H and O–H groups in total. The standard InChI is InChI=1S/C44H55N5O8S/c1-7-29-24-44(29,41(53)49(58(54)55)30-16-17-30)47-40(52)34-25-43(26-45-34,39(51)32(42(3,4)5)22-37(50)48-20-12-9-13-21-48)57-36-23-33(28-14-10-8-11-15-28)46-38-27(2)35(56-6)19-18-31(36)38/h7-8,10-11,14-15,18-19,23,29-30,32,34,45H,1,9,12-13,16-17,20-22,24-26H2,2-6H3,(H,47,52)(H,54,55)/t29-,32-,34+,43-,44?/m1/s1. The molecule has 2 aliphatic heterocycles. The van der Waals surface area contributed by atoms with E-state index < -0.39 is 57.5 Å². The average molecular weight is 814 g/mol. The minimum Gasteiger partial charge on any atom is -0.496 e.